The second-order valence-electron chi connectivity index (χ2n) is 4.92. The molecule has 0 saturated carbocycles. The van der Waals surface area contributed by atoms with Crippen LogP contribution in [0.2, 0.25) is 0 Å². The minimum Gasteiger partial charge on any atom is -0.481 e. The molecular weight excluding hydrogens is 256 g/mol. The number of carboxylic acids is 1. The Morgan fingerprint density at radius 1 is 1.35 bits per heavy atom. The van der Waals surface area contributed by atoms with Gasteiger partial charge in [-0.15, -0.1) is 0 Å². The van der Waals surface area contributed by atoms with Gasteiger partial charge in [-0.25, -0.2) is 0 Å². The summed E-state index contributed by atoms with van der Waals surface area (Å²) in [5, 5.41) is 13.5. The molecule has 0 amide bonds. The van der Waals surface area contributed by atoms with Crippen LogP contribution in [0.1, 0.15) is 23.8 Å². The van der Waals surface area contributed by atoms with E-state index in [0.29, 0.717) is 19.6 Å². The number of aliphatic carboxylic acids is 1. The summed E-state index contributed by atoms with van der Waals surface area (Å²) in [6.07, 6.45) is 1.84. The topological polar surface area (TPSA) is 64.3 Å². The molecule has 0 spiro atoms. The van der Waals surface area contributed by atoms with Crippen molar-refractivity contribution in [1.82, 2.24) is 9.78 Å². The van der Waals surface area contributed by atoms with Crippen LogP contribution in [0.5, 0.6) is 0 Å². The van der Waals surface area contributed by atoms with E-state index in [9.17, 15) is 9.90 Å². The summed E-state index contributed by atoms with van der Waals surface area (Å²) in [7, 11) is 0. The van der Waals surface area contributed by atoms with Crippen LogP contribution in [0.4, 0.5) is 0 Å². The number of ether oxygens (including phenoxy) is 1. The van der Waals surface area contributed by atoms with Crippen LogP contribution in [0.15, 0.2) is 42.6 Å². The SMILES string of the molecule is O=C(O)[C@@H]1CCO[C@H]1c1ccnn1Cc1ccccc1. The van der Waals surface area contributed by atoms with E-state index in [-0.39, 0.29) is 0 Å². The van der Waals surface area contributed by atoms with Crippen molar-refractivity contribution in [2.24, 2.45) is 5.92 Å². The molecule has 2 aromatic rings. The summed E-state index contributed by atoms with van der Waals surface area (Å²) < 4.78 is 7.43. The van der Waals surface area contributed by atoms with Crippen LogP contribution in [0, 0.1) is 5.92 Å². The molecule has 2 heterocycles. The normalized spacial score (nSPS) is 22.0. The Balaban J connectivity index is 1.85. The number of nitrogens with zero attached hydrogens (tertiary/aromatic N) is 2. The molecule has 0 aliphatic carbocycles. The molecule has 20 heavy (non-hydrogen) atoms. The fraction of sp³-hybridized carbons (Fsp3) is 0.333. The monoisotopic (exact) mass is 272 g/mol. The lowest BCUT2D eigenvalue weighted by molar-refractivity contribution is -0.143. The van der Waals surface area contributed by atoms with E-state index in [1.807, 2.05) is 41.1 Å². The van der Waals surface area contributed by atoms with Crippen molar-refractivity contribution >= 4 is 5.97 Å². The summed E-state index contributed by atoms with van der Waals surface area (Å²) in [4.78, 5) is 11.3. The van der Waals surface area contributed by atoms with Gasteiger partial charge in [0.1, 0.15) is 6.10 Å². The summed E-state index contributed by atoms with van der Waals surface area (Å²) in [6, 6.07) is 11.8. The number of aromatic nitrogens is 2. The summed E-state index contributed by atoms with van der Waals surface area (Å²) in [5.74, 6) is -1.29. The molecule has 0 bridgehead atoms. The number of carboxylic acid groups (broad SMARTS) is 1. The summed E-state index contributed by atoms with van der Waals surface area (Å²) in [5.41, 5.74) is 1.96. The molecule has 1 aromatic carbocycles. The van der Waals surface area contributed by atoms with Crippen LogP contribution in [-0.4, -0.2) is 27.5 Å². The Bertz CT molecular complexity index is 594. The van der Waals surface area contributed by atoms with Crippen molar-refractivity contribution in [2.75, 3.05) is 6.61 Å². The maximum absolute atomic E-state index is 11.3. The Labute approximate surface area is 116 Å². The van der Waals surface area contributed by atoms with Gasteiger partial charge in [-0.3, -0.25) is 9.48 Å². The van der Waals surface area contributed by atoms with E-state index in [1.165, 1.54) is 0 Å². The predicted molar refractivity (Wildman–Crippen MR) is 72.2 cm³/mol. The third-order valence-electron chi connectivity index (χ3n) is 3.62. The summed E-state index contributed by atoms with van der Waals surface area (Å²) in [6.45, 7) is 1.10. The lowest BCUT2D eigenvalue weighted by Crippen LogP contribution is -2.20. The van der Waals surface area contributed by atoms with Gasteiger partial charge in [-0.2, -0.15) is 5.10 Å². The molecule has 3 rings (SSSR count). The Hall–Kier alpha value is -2.14. The lowest BCUT2D eigenvalue weighted by atomic mass is 9.99. The second kappa shape index (κ2) is 5.46. The Morgan fingerprint density at radius 3 is 2.90 bits per heavy atom. The van der Waals surface area contributed by atoms with E-state index < -0.39 is 18.0 Å². The third-order valence-corrected chi connectivity index (χ3v) is 3.62. The molecule has 0 radical (unpaired) electrons. The summed E-state index contributed by atoms with van der Waals surface area (Å²) >= 11 is 0. The van der Waals surface area contributed by atoms with Crippen molar-refractivity contribution in [1.29, 1.82) is 0 Å². The van der Waals surface area contributed by atoms with Gasteiger partial charge in [0, 0.05) is 12.8 Å². The highest BCUT2D eigenvalue weighted by Crippen LogP contribution is 2.34. The minimum absolute atomic E-state index is 0.404. The van der Waals surface area contributed by atoms with Crippen molar-refractivity contribution in [3.05, 3.63) is 53.9 Å². The number of hydrogen-bond acceptors (Lipinski definition) is 3. The largest absolute Gasteiger partial charge is 0.481 e. The zero-order valence-electron chi connectivity index (χ0n) is 11.0. The lowest BCUT2D eigenvalue weighted by Gasteiger charge is -2.17. The quantitative estimate of drug-likeness (QED) is 0.925. The number of carbonyl (C=O) groups is 1. The van der Waals surface area contributed by atoms with E-state index >= 15 is 0 Å². The van der Waals surface area contributed by atoms with Crippen LogP contribution < -0.4 is 0 Å². The Morgan fingerprint density at radius 2 is 2.15 bits per heavy atom. The maximum Gasteiger partial charge on any atom is 0.309 e. The van der Waals surface area contributed by atoms with Crippen LogP contribution in [-0.2, 0) is 16.1 Å². The van der Waals surface area contributed by atoms with Crippen LogP contribution in [0.25, 0.3) is 0 Å². The Kier molecular flexibility index (Phi) is 3.52. The van der Waals surface area contributed by atoms with Gasteiger partial charge in [-0.1, -0.05) is 30.3 Å². The molecule has 1 aromatic heterocycles. The standard InChI is InChI=1S/C15H16N2O3/c18-15(19)12-7-9-20-14(12)13-6-8-16-17(13)10-11-4-2-1-3-5-11/h1-6,8,12,14H,7,9-10H2,(H,18,19)/t12-,14-/m1/s1. The maximum atomic E-state index is 11.3. The zero-order valence-corrected chi connectivity index (χ0v) is 11.0. The first-order valence-corrected chi connectivity index (χ1v) is 6.66. The molecule has 5 nitrogen and oxygen atoms in total. The molecule has 1 fully saturated rings. The highest BCUT2D eigenvalue weighted by atomic mass is 16.5. The number of hydrogen-bond donors (Lipinski definition) is 1. The van der Waals surface area contributed by atoms with Gasteiger partial charge in [-0.05, 0) is 18.1 Å². The molecule has 104 valence electrons. The highest BCUT2D eigenvalue weighted by molar-refractivity contribution is 5.71. The molecule has 1 N–H and O–H groups in total. The molecule has 1 saturated heterocycles. The average Bonchev–Trinajstić information content (AvgIpc) is 3.07. The predicted octanol–water partition coefficient (Wildman–Crippen LogP) is 2.09. The van der Waals surface area contributed by atoms with Crippen LogP contribution in [0.3, 0.4) is 0 Å². The van der Waals surface area contributed by atoms with Crippen molar-refractivity contribution < 1.29 is 14.6 Å². The van der Waals surface area contributed by atoms with Gasteiger partial charge in [0.2, 0.25) is 0 Å². The fourth-order valence-corrected chi connectivity index (χ4v) is 2.61. The average molecular weight is 272 g/mol. The fourth-order valence-electron chi connectivity index (χ4n) is 2.61. The van der Waals surface area contributed by atoms with E-state index in [2.05, 4.69) is 5.10 Å². The van der Waals surface area contributed by atoms with E-state index in [0.717, 1.165) is 11.3 Å². The minimum atomic E-state index is -0.806. The molecule has 1 aliphatic rings. The highest BCUT2D eigenvalue weighted by Gasteiger charge is 2.37. The third kappa shape index (κ3) is 2.44. The van der Waals surface area contributed by atoms with E-state index in [4.69, 9.17) is 4.74 Å². The zero-order chi connectivity index (χ0) is 13.9. The van der Waals surface area contributed by atoms with Crippen molar-refractivity contribution in [3.63, 3.8) is 0 Å². The first-order chi connectivity index (χ1) is 9.75. The van der Waals surface area contributed by atoms with Gasteiger partial charge in [0.05, 0.1) is 18.2 Å². The van der Waals surface area contributed by atoms with Crippen LogP contribution >= 0.6 is 0 Å². The number of rotatable bonds is 4. The van der Waals surface area contributed by atoms with Crippen molar-refractivity contribution in [2.45, 2.75) is 19.1 Å². The van der Waals surface area contributed by atoms with Gasteiger partial charge >= 0.3 is 5.97 Å². The van der Waals surface area contributed by atoms with Gasteiger partial charge in [0.15, 0.2) is 0 Å². The van der Waals surface area contributed by atoms with E-state index in [1.54, 1.807) is 6.20 Å². The molecule has 2 atom stereocenters. The van der Waals surface area contributed by atoms with Gasteiger partial charge in [0.25, 0.3) is 0 Å². The second-order valence-corrected chi connectivity index (χ2v) is 4.92. The van der Waals surface area contributed by atoms with Gasteiger partial charge < -0.3 is 9.84 Å². The molecular formula is C15H16N2O3. The smallest absolute Gasteiger partial charge is 0.309 e. The number of benzene rings is 1. The first-order valence-electron chi connectivity index (χ1n) is 6.66. The molecule has 1 aliphatic heterocycles. The first kappa shape index (κ1) is 12.9. The molecule has 5 heteroatoms. The molecule has 0 unspecified atom stereocenters. The van der Waals surface area contributed by atoms with Crippen molar-refractivity contribution in [3.8, 4) is 0 Å².